The Hall–Kier alpha value is -1.58. The van der Waals surface area contributed by atoms with E-state index in [2.05, 4.69) is 4.98 Å². The van der Waals surface area contributed by atoms with E-state index in [0.717, 1.165) is 6.42 Å². The largest absolute Gasteiger partial charge is 0.465 e. The summed E-state index contributed by atoms with van der Waals surface area (Å²) in [5.41, 5.74) is 1.18. The molecule has 1 aromatic rings. The molecule has 74 valence electrons. The van der Waals surface area contributed by atoms with Gasteiger partial charge < -0.3 is 10.0 Å². The van der Waals surface area contributed by atoms with Crippen molar-refractivity contribution in [2.45, 2.75) is 12.3 Å². The normalized spacial score (nSPS) is 21.1. The molecule has 2 heterocycles. The van der Waals surface area contributed by atoms with Gasteiger partial charge in [-0.05, 0) is 24.1 Å². The maximum absolute atomic E-state index is 10.7. The lowest BCUT2D eigenvalue weighted by atomic mass is 10.00. The van der Waals surface area contributed by atoms with Gasteiger partial charge in [0.05, 0.1) is 0 Å². The van der Waals surface area contributed by atoms with Crippen molar-refractivity contribution in [2.24, 2.45) is 0 Å². The van der Waals surface area contributed by atoms with Crippen LogP contribution in [0.2, 0.25) is 0 Å². The summed E-state index contributed by atoms with van der Waals surface area (Å²) >= 11 is 0. The van der Waals surface area contributed by atoms with E-state index in [1.807, 2.05) is 12.1 Å². The van der Waals surface area contributed by atoms with E-state index in [1.165, 1.54) is 10.5 Å². The van der Waals surface area contributed by atoms with Gasteiger partial charge in [0, 0.05) is 31.4 Å². The molecule has 1 saturated heterocycles. The summed E-state index contributed by atoms with van der Waals surface area (Å²) in [5.74, 6) is 0.342. The number of aromatic nitrogens is 1. The van der Waals surface area contributed by atoms with Gasteiger partial charge in [-0.3, -0.25) is 4.98 Å². The van der Waals surface area contributed by atoms with Gasteiger partial charge in [0.25, 0.3) is 0 Å². The predicted octanol–water partition coefficient (Wildman–Crippen LogP) is 1.55. The smallest absolute Gasteiger partial charge is 0.407 e. The molecule has 0 radical (unpaired) electrons. The molecule has 0 spiro atoms. The van der Waals surface area contributed by atoms with Crippen LogP contribution in [0.3, 0.4) is 0 Å². The Morgan fingerprint density at radius 1 is 1.50 bits per heavy atom. The summed E-state index contributed by atoms with van der Waals surface area (Å²) < 4.78 is 0. The Morgan fingerprint density at radius 2 is 2.21 bits per heavy atom. The minimum absolute atomic E-state index is 0.342. The zero-order valence-corrected chi connectivity index (χ0v) is 7.76. The molecule has 1 aliphatic heterocycles. The van der Waals surface area contributed by atoms with Crippen molar-refractivity contribution in [2.75, 3.05) is 13.1 Å². The van der Waals surface area contributed by atoms with Crippen LogP contribution >= 0.6 is 0 Å². The standard InChI is InChI=1S/C10H12N2O2/c13-10(14)12-6-3-9(7-12)8-1-4-11-5-2-8/h1-2,4-5,9H,3,6-7H2,(H,13,14). The van der Waals surface area contributed by atoms with E-state index >= 15 is 0 Å². The third kappa shape index (κ3) is 1.69. The molecular formula is C10H12N2O2. The lowest BCUT2D eigenvalue weighted by Crippen LogP contribution is -2.26. The van der Waals surface area contributed by atoms with Crippen molar-refractivity contribution in [3.63, 3.8) is 0 Å². The fraction of sp³-hybridized carbons (Fsp3) is 0.400. The van der Waals surface area contributed by atoms with Crippen LogP contribution in [-0.4, -0.2) is 34.2 Å². The number of rotatable bonds is 1. The molecule has 1 fully saturated rings. The minimum Gasteiger partial charge on any atom is -0.465 e. The molecule has 1 amide bonds. The maximum atomic E-state index is 10.7. The van der Waals surface area contributed by atoms with Crippen molar-refractivity contribution >= 4 is 6.09 Å². The average Bonchev–Trinajstić information content (AvgIpc) is 2.68. The van der Waals surface area contributed by atoms with Crippen LogP contribution in [0.15, 0.2) is 24.5 Å². The summed E-state index contributed by atoms with van der Waals surface area (Å²) in [6, 6.07) is 3.91. The van der Waals surface area contributed by atoms with E-state index in [-0.39, 0.29) is 0 Å². The van der Waals surface area contributed by atoms with Crippen molar-refractivity contribution in [3.8, 4) is 0 Å². The lowest BCUT2D eigenvalue weighted by Gasteiger charge is -2.11. The van der Waals surface area contributed by atoms with Gasteiger partial charge in [0.2, 0.25) is 0 Å². The number of nitrogens with zero attached hydrogens (tertiary/aromatic N) is 2. The third-order valence-electron chi connectivity index (χ3n) is 2.64. The first-order chi connectivity index (χ1) is 6.77. The van der Waals surface area contributed by atoms with E-state index in [0.29, 0.717) is 19.0 Å². The first-order valence-electron chi connectivity index (χ1n) is 4.65. The molecule has 0 aliphatic carbocycles. The third-order valence-corrected chi connectivity index (χ3v) is 2.64. The van der Waals surface area contributed by atoms with E-state index < -0.39 is 6.09 Å². The van der Waals surface area contributed by atoms with Crippen LogP contribution in [-0.2, 0) is 0 Å². The Balaban J connectivity index is 2.06. The van der Waals surface area contributed by atoms with Crippen LogP contribution in [0.25, 0.3) is 0 Å². The van der Waals surface area contributed by atoms with Crippen LogP contribution in [0.1, 0.15) is 17.9 Å². The van der Waals surface area contributed by atoms with Gasteiger partial charge in [-0.2, -0.15) is 0 Å². The lowest BCUT2D eigenvalue weighted by molar-refractivity contribution is 0.155. The Labute approximate surface area is 82.2 Å². The Bertz CT molecular complexity index is 326. The molecule has 4 nitrogen and oxygen atoms in total. The number of hydrogen-bond acceptors (Lipinski definition) is 2. The first-order valence-corrected chi connectivity index (χ1v) is 4.65. The average molecular weight is 192 g/mol. The molecule has 1 atom stereocenters. The van der Waals surface area contributed by atoms with Gasteiger partial charge in [-0.25, -0.2) is 4.79 Å². The molecule has 14 heavy (non-hydrogen) atoms. The number of amides is 1. The maximum Gasteiger partial charge on any atom is 0.407 e. The Morgan fingerprint density at radius 3 is 2.79 bits per heavy atom. The van der Waals surface area contributed by atoms with Gasteiger partial charge in [-0.15, -0.1) is 0 Å². The zero-order valence-electron chi connectivity index (χ0n) is 7.76. The van der Waals surface area contributed by atoms with Crippen molar-refractivity contribution < 1.29 is 9.90 Å². The van der Waals surface area contributed by atoms with E-state index in [1.54, 1.807) is 12.4 Å². The summed E-state index contributed by atoms with van der Waals surface area (Å²) in [7, 11) is 0. The molecule has 1 aliphatic rings. The highest BCUT2D eigenvalue weighted by molar-refractivity contribution is 5.65. The summed E-state index contributed by atoms with van der Waals surface area (Å²) in [6.45, 7) is 1.25. The highest BCUT2D eigenvalue weighted by Crippen LogP contribution is 2.26. The molecule has 1 aromatic heterocycles. The van der Waals surface area contributed by atoms with Crippen LogP contribution in [0.5, 0.6) is 0 Å². The van der Waals surface area contributed by atoms with E-state index in [9.17, 15) is 4.79 Å². The molecular weight excluding hydrogens is 180 g/mol. The summed E-state index contributed by atoms with van der Waals surface area (Å²) in [4.78, 5) is 16.1. The molecule has 0 bridgehead atoms. The molecule has 4 heteroatoms. The summed E-state index contributed by atoms with van der Waals surface area (Å²) in [5, 5.41) is 8.79. The van der Waals surface area contributed by atoms with Crippen LogP contribution in [0.4, 0.5) is 4.79 Å². The second kappa shape index (κ2) is 3.65. The van der Waals surface area contributed by atoms with Crippen molar-refractivity contribution in [3.05, 3.63) is 30.1 Å². The topological polar surface area (TPSA) is 53.4 Å². The number of carbonyl (C=O) groups is 1. The molecule has 0 aromatic carbocycles. The molecule has 1 unspecified atom stereocenters. The van der Waals surface area contributed by atoms with Gasteiger partial charge in [-0.1, -0.05) is 0 Å². The molecule has 1 N–H and O–H groups in total. The summed E-state index contributed by atoms with van der Waals surface area (Å²) in [6.07, 6.45) is 3.59. The number of pyridine rings is 1. The predicted molar refractivity (Wildman–Crippen MR) is 51.2 cm³/mol. The monoisotopic (exact) mass is 192 g/mol. The fourth-order valence-electron chi connectivity index (χ4n) is 1.84. The fourth-order valence-corrected chi connectivity index (χ4v) is 1.84. The molecule has 0 saturated carbocycles. The first kappa shape index (κ1) is 8.99. The minimum atomic E-state index is -0.818. The number of hydrogen-bond donors (Lipinski definition) is 1. The van der Waals surface area contributed by atoms with Crippen LogP contribution < -0.4 is 0 Å². The van der Waals surface area contributed by atoms with Crippen molar-refractivity contribution in [1.82, 2.24) is 9.88 Å². The quantitative estimate of drug-likeness (QED) is 0.734. The molecule has 2 rings (SSSR count). The van der Waals surface area contributed by atoms with Gasteiger partial charge in [0.1, 0.15) is 0 Å². The van der Waals surface area contributed by atoms with Gasteiger partial charge in [0.15, 0.2) is 0 Å². The number of likely N-dealkylation sites (tertiary alicyclic amines) is 1. The highest BCUT2D eigenvalue weighted by atomic mass is 16.4. The second-order valence-electron chi connectivity index (χ2n) is 3.49. The number of carboxylic acid groups (broad SMARTS) is 1. The van der Waals surface area contributed by atoms with Crippen molar-refractivity contribution in [1.29, 1.82) is 0 Å². The Kier molecular flexibility index (Phi) is 2.35. The van der Waals surface area contributed by atoms with Gasteiger partial charge >= 0.3 is 6.09 Å². The second-order valence-corrected chi connectivity index (χ2v) is 3.49. The van der Waals surface area contributed by atoms with E-state index in [4.69, 9.17) is 5.11 Å². The SMILES string of the molecule is O=C(O)N1CCC(c2ccncc2)C1. The highest BCUT2D eigenvalue weighted by Gasteiger charge is 2.26. The van der Waals surface area contributed by atoms with Crippen LogP contribution in [0, 0.1) is 0 Å². The zero-order chi connectivity index (χ0) is 9.97.